The van der Waals surface area contributed by atoms with Gasteiger partial charge in [0.2, 0.25) is 0 Å². The predicted molar refractivity (Wildman–Crippen MR) is 63.9 cm³/mol. The van der Waals surface area contributed by atoms with Crippen molar-refractivity contribution in [1.29, 1.82) is 0 Å². The molecular weight excluding hydrogens is 242 g/mol. The van der Waals surface area contributed by atoms with Gasteiger partial charge in [0.05, 0.1) is 4.92 Å². The van der Waals surface area contributed by atoms with Crippen LogP contribution in [-0.2, 0) is 0 Å². The van der Waals surface area contributed by atoms with E-state index in [1.807, 2.05) is 0 Å². The number of hydrogen-bond donors (Lipinski definition) is 0. The normalized spacial score (nSPS) is 10.2. The Balaban J connectivity index is 2.63. The molecule has 0 spiro atoms. The summed E-state index contributed by atoms with van der Waals surface area (Å²) in [5.41, 5.74) is 1.55. The average molecular weight is 250 g/mol. The lowest BCUT2D eigenvalue weighted by atomic mass is 10.1. The SMILES string of the molecule is Cc1nc(Cl)c(-c2ccncc2)cc1[N+](=O)[O-]. The highest BCUT2D eigenvalue weighted by atomic mass is 35.5. The second-order valence-electron chi connectivity index (χ2n) is 3.42. The van der Waals surface area contributed by atoms with Crippen LogP contribution in [0.25, 0.3) is 11.1 Å². The second-order valence-corrected chi connectivity index (χ2v) is 3.78. The number of hydrogen-bond acceptors (Lipinski definition) is 4. The molecule has 86 valence electrons. The van der Waals surface area contributed by atoms with E-state index in [4.69, 9.17) is 11.6 Å². The lowest BCUT2D eigenvalue weighted by molar-refractivity contribution is -0.385. The van der Waals surface area contributed by atoms with Gasteiger partial charge in [0.1, 0.15) is 10.8 Å². The Bertz CT molecular complexity index is 572. The van der Waals surface area contributed by atoms with Gasteiger partial charge in [-0.1, -0.05) is 11.6 Å². The van der Waals surface area contributed by atoms with Crippen molar-refractivity contribution in [2.45, 2.75) is 6.92 Å². The summed E-state index contributed by atoms with van der Waals surface area (Å²) >= 11 is 5.99. The summed E-state index contributed by atoms with van der Waals surface area (Å²) in [5, 5.41) is 11.1. The maximum atomic E-state index is 10.8. The Morgan fingerprint density at radius 3 is 2.59 bits per heavy atom. The van der Waals surface area contributed by atoms with Crippen molar-refractivity contribution >= 4 is 17.3 Å². The molecule has 17 heavy (non-hydrogen) atoms. The number of aryl methyl sites for hydroxylation is 1. The van der Waals surface area contributed by atoms with Crippen molar-refractivity contribution in [3.05, 3.63) is 51.6 Å². The molecular formula is C11H8ClN3O2. The molecule has 2 aromatic heterocycles. The lowest BCUT2D eigenvalue weighted by Gasteiger charge is -2.05. The highest BCUT2D eigenvalue weighted by molar-refractivity contribution is 6.32. The fourth-order valence-corrected chi connectivity index (χ4v) is 1.77. The topological polar surface area (TPSA) is 68.9 Å². The first-order valence-electron chi connectivity index (χ1n) is 4.81. The fraction of sp³-hybridized carbons (Fsp3) is 0.0909. The minimum absolute atomic E-state index is 0.0405. The number of pyridine rings is 2. The van der Waals surface area contributed by atoms with Crippen LogP contribution in [0.2, 0.25) is 5.15 Å². The minimum Gasteiger partial charge on any atom is -0.265 e. The van der Waals surface area contributed by atoms with Crippen molar-refractivity contribution in [3.63, 3.8) is 0 Å². The van der Waals surface area contributed by atoms with Crippen LogP contribution in [0.4, 0.5) is 5.69 Å². The molecule has 2 aromatic rings. The van der Waals surface area contributed by atoms with Gasteiger partial charge in [-0.25, -0.2) is 4.98 Å². The van der Waals surface area contributed by atoms with Crippen molar-refractivity contribution in [2.75, 3.05) is 0 Å². The van der Waals surface area contributed by atoms with Crippen molar-refractivity contribution in [3.8, 4) is 11.1 Å². The van der Waals surface area contributed by atoms with E-state index < -0.39 is 4.92 Å². The summed E-state index contributed by atoms with van der Waals surface area (Å²) in [6.45, 7) is 1.56. The van der Waals surface area contributed by atoms with Gasteiger partial charge in [-0.05, 0) is 24.6 Å². The monoisotopic (exact) mass is 249 g/mol. The summed E-state index contributed by atoms with van der Waals surface area (Å²) in [6.07, 6.45) is 3.19. The Morgan fingerprint density at radius 2 is 2.00 bits per heavy atom. The molecule has 0 bridgehead atoms. The Morgan fingerprint density at radius 1 is 1.35 bits per heavy atom. The second kappa shape index (κ2) is 4.47. The number of rotatable bonds is 2. The van der Waals surface area contributed by atoms with Gasteiger partial charge in [0.15, 0.2) is 0 Å². The standard InChI is InChI=1S/C11H8ClN3O2/c1-7-10(15(16)17)6-9(11(12)14-7)8-2-4-13-5-3-8/h2-6H,1H3. The van der Waals surface area contributed by atoms with Crippen LogP contribution in [0.1, 0.15) is 5.69 Å². The summed E-state index contributed by atoms with van der Waals surface area (Å²) in [4.78, 5) is 18.2. The van der Waals surface area contributed by atoms with Crippen LogP contribution < -0.4 is 0 Å². The van der Waals surface area contributed by atoms with E-state index in [0.717, 1.165) is 5.56 Å². The highest BCUT2D eigenvalue weighted by Gasteiger charge is 2.16. The molecule has 6 heteroatoms. The van der Waals surface area contributed by atoms with Crippen LogP contribution in [0.3, 0.4) is 0 Å². The zero-order chi connectivity index (χ0) is 12.4. The molecule has 0 aliphatic heterocycles. The van der Waals surface area contributed by atoms with E-state index in [2.05, 4.69) is 9.97 Å². The van der Waals surface area contributed by atoms with Crippen molar-refractivity contribution in [2.24, 2.45) is 0 Å². The number of nitro groups is 1. The molecule has 0 amide bonds. The van der Waals surface area contributed by atoms with E-state index in [1.165, 1.54) is 6.07 Å². The van der Waals surface area contributed by atoms with Crippen LogP contribution >= 0.6 is 11.6 Å². The number of aromatic nitrogens is 2. The molecule has 0 saturated carbocycles. The van der Waals surface area contributed by atoms with Gasteiger partial charge in [-0.3, -0.25) is 15.1 Å². The first-order chi connectivity index (χ1) is 8.09. The summed E-state index contributed by atoms with van der Waals surface area (Å²) < 4.78 is 0. The van der Waals surface area contributed by atoms with Crippen LogP contribution in [0.5, 0.6) is 0 Å². The van der Waals surface area contributed by atoms with Gasteiger partial charge in [-0.15, -0.1) is 0 Å². The fourth-order valence-electron chi connectivity index (χ4n) is 1.48. The molecule has 0 fully saturated rings. The average Bonchev–Trinajstić information content (AvgIpc) is 2.29. The molecule has 2 rings (SSSR count). The smallest absolute Gasteiger partial charge is 0.265 e. The molecule has 0 aliphatic carbocycles. The maximum Gasteiger partial charge on any atom is 0.291 e. The van der Waals surface area contributed by atoms with Crippen molar-refractivity contribution in [1.82, 2.24) is 9.97 Å². The van der Waals surface area contributed by atoms with E-state index in [9.17, 15) is 10.1 Å². The van der Waals surface area contributed by atoms with E-state index in [-0.39, 0.29) is 10.8 Å². The Hall–Kier alpha value is -2.01. The largest absolute Gasteiger partial charge is 0.291 e. The molecule has 0 saturated heterocycles. The van der Waals surface area contributed by atoms with Gasteiger partial charge in [0, 0.05) is 24.0 Å². The van der Waals surface area contributed by atoms with E-state index in [1.54, 1.807) is 31.5 Å². The third kappa shape index (κ3) is 2.24. The third-order valence-corrected chi connectivity index (χ3v) is 2.62. The zero-order valence-electron chi connectivity index (χ0n) is 8.92. The first-order valence-corrected chi connectivity index (χ1v) is 5.19. The molecule has 0 aromatic carbocycles. The summed E-state index contributed by atoms with van der Waals surface area (Å²) in [6, 6.07) is 4.88. The lowest BCUT2D eigenvalue weighted by Crippen LogP contribution is -1.96. The molecule has 5 nitrogen and oxygen atoms in total. The molecule has 0 N–H and O–H groups in total. The molecule has 2 heterocycles. The van der Waals surface area contributed by atoms with E-state index >= 15 is 0 Å². The third-order valence-electron chi connectivity index (χ3n) is 2.33. The Kier molecular flexibility index (Phi) is 3.01. The summed E-state index contributed by atoms with van der Waals surface area (Å²) in [5.74, 6) is 0. The number of nitrogens with zero attached hydrogens (tertiary/aromatic N) is 3. The molecule has 0 radical (unpaired) electrons. The molecule has 0 atom stereocenters. The van der Waals surface area contributed by atoms with Crippen LogP contribution in [0.15, 0.2) is 30.6 Å². The van der Waals surface area contributed by atoms with Gasteiger partial charge in [-0.2, -0.15) is 0 Å². The van der Waals surface area contributed by atoms with Crippen LogP contribution in [-0.4, -0.2) is 14.9 Å². The summed E-state index contributed by atoms with van der Waals surface area (Å²) in [7, 11) is 0. The predicted octanol–water partition coefficient (Wildman–Crippen LogP) is 3.01. The number of halogens is 1. The Labute approximate surface area is 102 Å². The molecule has 0 aliphatic rings. The van der Waals surface area contributed by atoms with Gasteiger partial charge in [0.25, 0.3) is 5.69 Å². The maximum absolute atomic E-state index is 10.8. The van der Waals surface area contributed by atoms with Gasteiger partial charge < -0.3 is 0 Å². The van der Waals surface area contributed by atoms with Crippen molar-refractivity contribution < 1.29 is 4.92 Å². The minimum atomic E-state index is -0.469. The quantitative estimate of drug-likeness (QED) is 0.466. The van der Waals surface area contributed by atoms with Crippen LogP contribution in [0, 0.1) is 17.0 Å². The zero-order valence-corrected chi connectivity index (χ0v) is 9.68. The van der Waals surface area contributed by atoms with E-state index in [0.29, 0.717) is 11.3 Å². The van der Waals surface area contributed by atoms with Gasteiger partial charge >= 0.3 is 0 Å². The first kappa shape index (κ1) is 11.5. The highest BCUT2D eigenvalue weighted by Crippen LogP contribution is 2.30. The molecule has 0 unspecified atom stereocenters.